The lowest BCUT2D eigenvalue weighted by Crippen LogP contribution is -2.10. The van der Waals surface area contributed by atoms with Crippen LogP contribution in [0, 0.1) is 11.6 Å². The molecule has 3 heterocycles. The standard InChI is InChI=1S/C19H11F2N5O/c20-13-5-4-12-11(9-15(27)24-18(12)16(13)21)8-14-17(10-2-1-3-10)25-19-22-6-7-23-26(14)19/h1-7,9H,8H2,(H,24,27). The third kappa shape index (κ3) is 2.37. The van der Waals surface area contributed by atoms with Crippen LogP contribution < -0.4 is 5.56 Å². The first-order chi connectivity index (χ1) is 13.1. The van der Waals surface area contributed by atoms with E-state index < -0.39 is 17.2 Å². The quantitative estimate of drug-likeness (QED) is 0.607. The molecule has 4 aromatic rings. The molecule has 1 aromatic carbocycles. The zero-order chi connectivity index (χ0) is 18.5. The van der Waals surface area contributed by atoms with Crippen molar-refractivity contribution in [1.29, 1.82) is 0 Å². The number of hydrogen-bond acceptors (Lipinski definition) is 4. The fourth-order valence-electron chi connectivity index (χ4n) is 3.24. The normalized spacial score (nSPS) is 13.2. The number of halogens is 2. The first-order valence-corrected chi connectivity index (χ1v) is 8.19. The molecule has 0 amide bonds. The molecular weight excluding hydrogens is 352 g/mol. The van der Waals surface area contributed by atoms with Crippen molar-refractivity contribution in [2.24, 2.45) is 0 Å². The molecule has 0 saturated carbocycles. The monoisotopic (exact) mass is 363 g/mol. The number of benzene rings is 1. The molecule has 1 aliphatic carbocycles. The number of pyridine rings is 1. The highest BCUT2D eigenvalue weighted by molar-refractivity contribution is 5.84. The first-order valence-electron chi connectivity index (χ1n) is 8.19. The molecule has 27 heavy (non-hydrogen) atoms. The molecule has 132 valence electrons. The van der Waals surface area contributed by atoms with Gasteiger partial charge in [0.25, 0.3) is 5.78 Å². The lowest BCUT2D eigenvalue weighted by molar-refractivity contribution is 0.515. The molecule has 0 fully saturated rings. The molecule has 0 spiro atoms. The molecule has 0 unspecified atom stereocenters. The Balaban J connectivity index is 1.75. The molecule has 3 aromatic heterocycles. The minimum atomic E-state index is -1.07. The zero-order valence-electron chi connectivity index (χ0n) is 13.8. The van der Waals surface area contributed by atoms with Gasteiger partial charge in [0.05, 0.1) is 29.3 Å². The van der Waals surface area contributed by atoms with Crippen LogP contribution >= 0.6 is 0 Å². The number of fused-ring (bicyclic) bond motifs is 2. The minimum absolute atomic E-state index is 0.151. The third-order valence-corrected chi connectivity index (χ3v) is 4.55. The van der Waals surface area contributed by atoms with Crippen LogP contribution in [0.25, 0.3) is 22.3 Å². The molecule has 0 aliphatic heterocycles. The Kier molecular flexibility index (Phi) is 3.27. The van der Waals surface area contributed by atoms with Crippen molar-refractivity contribution in [2.45, 2.75) is 6.42 Å². The summed E-state index contributed by atoms with van der Waals surface area (Å²) in [6.45, 7) is 0. The van der Waals surface area contributed by atoms with Crippen LogP contribution in [0.15, 0.2) is 53.6 Å². The predicted octanol–water partition coefficient (Wildman–Crippen LogP) is 2.79. The summed E-state index contributed by atoms with van der Waals surface area (Å²) in [6, 6.07) is 3.88. The maximum atomic E-state index is 14.2. The van der Waals surface area contributed by atoms with Crippen LogP contribution in [-0.2, 0) is 6.42 Å². The van der Waals surface area contributed by atoms with Gasteiger partial charge >= 0.3 is 0 Å². The Morgan fingerprint density at radius 2 is 2.04 bits per heavy atom. The average Bonchev–Trinajstić information content (AvgIpc) is 2.95. The Morgan fingerprint density at radius 1 is 1.19 bits per heavy atom. The second-order valence-corrected chi connectivity index (χ2v) is 6.16. The number of aromatic amines is 1. The second-order valence-electron chi connectivity index (χ2n) is 6.16. The number of nitrogens with zero attached hydrogens (tertiary/aromatic N) is 4. The van der Waals surface area contributed by atoms with Gasteiger partial charge in [0.1, 0.15) is 0 Å². The van der Waals surface area contributed by atoms with E-state index in [-0.39, 0.29) is 11.9 Å². The van der Waals surface area contributed by atoms with Crippen LogP contribution in [0.5, 0.6) is 0 Å². The van der Waals surface area contributed by atoms with E-state index in [1.165, 1.54) is 18.3 Å². The number of imidazole rings is 1. The maximum Gasteiger partial charge on any atom is 0.251 e. The predicted molar refractivity (Wildman–Crippen MR) is 95.2 cm³/mol. The van der Waals surface area contributed by atoms with E-state index >= 15 is 0 Å². The summed E-state index contributed by atoms with van der Waals surface area (Å²) in [6.07, 6.45) is 9.06. The molecule has 0 atom stereocenters. The number of hydrogen-bond donors (Lipinski definition) is 1. The van der Waals surface area contributed by atoms with Crippen molar-refractivity contribution >= 4 is 22.3 Å². The Labute approximate surface area is 150 Å². The zero-order valence-corrected chi connectivity index (χ0v) is 13.8. The van der Waals surface area contributed by atoms with E-state index in [2.05, 4.69) is 20.1 Å². The van der Waals surface area contributed by atoms with Crippen LogP contribution in [0.2, 0.25) is 0 Å². The summed E-state index contributed by atoms with van der Waals surface area (Å²) in [4.78, 5) is 23.1. The minimum Gasteiger partial charge on any atom is -0.319 e. The van der Waals surface area contributed by atoms with E-state index in [1.54, 1.807) is 10.7 Å². The van der Waals surface area contributed by atoms with Gasteiger partial charge in [-0.2, -0.15) is 5.10 Å². The highest BCUT2D eigenvalue weighted by Gasteiger charge is 2.20. The molecule has 0 bridgehead atoms. The van der Waals surface area contributed by atoms with Crippen molar-refractivity contribution in [1.82, 2.24) is 24.6 Å². The lowest BCUT2D eigenvalue weighted by Gasteiger charge is -2.10. The highest BCUT2D eigenvalue weighted by Crippen LogP contribution is 2.28. The van der Waals surface area contributed by atoms with Crippen molar-refractivity contribution in [3.63, 3.8) is 0 Å². The Hall–Kier alpha value is -3.68. The summed E-state index contributed by atoms with van der Waals surface area (Å²) < 4.78 is 29.3. The number of aromatic nitrogens is 5. The maximum absolute atomic E-state index is 14.2. The number of H-pyrrole nitrogens is 1. The van der Waals surface area contributed by atoms with Crippen LogP contribution in [0.3, 0.4) is 0 Å². The smallest absolute Gasteiger partial charge is 0.251 e. The van der Waals surface area contributed by atoms with E-state index in [9.17, 15) is 13.6 Å². The molecule has 0 radical (unpaired) electrons. The summed E-state index contributed by atoms with van der Waals surface area (Å²) in [5, 5.41) is 4.72. The van der Waals surface area contributed by atoms with Gasteiger partial charge in [-0.1, -0.05) is 18.2 Å². The van der Waals surface area contributed by atoms with E-state index in [4.69, 9.17) is 0 Å². The Morgan fingerprint density at radius 3 is 2.81 bits per heavy atom. The van der Waals surface area contributed by atoms with Crippen molar-refractivity contribution in [3.8, 4) is 0 Å². The molecule has 5 rings (SSSR count). The van der Waals surface area contributed by atoms with Gasteiger partial charge in [0, 0.05) is 23.4 Å². The lowest BCUT2D eigenvalue weighted by atomic mass is 9.98. The van der Waals surface area contributed by atoms with Crippen LogP contribution in [0.1, 0.15) is 17.0 Å². The van der Waals surface area contributed by atoms with Crippen molar-refractivity contribution in [3.05, 3.63) is 87.8 Å². The summed E-state index contributed by atoms with van der Waals surface area (Å²) in [5.74, 6) is -1.66. The molecule has 8 heteroatoms. The molecular formula is C19H11F2N5O. The van der Waals surface area contributed by atoms with Crippen molar-refractivity contribution in [2.75, 3.05) is 0 Å². The summed E-state index contributed by atoms with van der Waals surface area (Å²) in [5.41, 5.74) is 2.21. The number of rotatable bonds is 3. The van der Waals surface area contributed by atoms with Crippen molar-refractivity contribution < 1.29 is 8.78 Å². The largest absolute Gasteiger partial charge is 0.319 e. The third-order valence-electron chi connectivity index (χ3n) is 4.55. The topological polar surface area (TPSA) is 75.9 Å². The van der Waals surface area contributed by atoms with Gasteiger partial charge in [-0.3, -0.25) is 4.79 Å². The molecule has 1 aliphatic rings. The van der Waals surface area contributed by atoms with E-state index in [0.29, 0.717) is 28.1 Å². The molecule has 6 nitrogen and oxygen atoms in total. The van der Waals surface area contributed by atoms with E-state index in [1.807, 2.05) is 18.2 Å². The summed E-state index contributed by atoms with van der Waals surface area (Å²) >= 11 is 0. The second kappa shape index (κ2) is 5.66. The number of nitrogens with one attached hydrogen (secondary N) is 1. The van der Waals surface area contributed by atoms with Gasteiger partial charge in [-0.25, -0.2) is 23.3 Å². The highest BCUT2D eigenvalue weighted by atomic mass is 19.2. The number of allylic oxidation sites excluding steroid dienone is 4. The van der Waals surface area contributed by atoms with Gasteiger partial charge in [-0.05, 0) is 17.7 Å². The Bertz CT molecular complexity index is 1350. The molecule has 1 N–H and O–H groups in total. The molecule has 0 saturated heterocycles. The fraction of sp³-hybridized carbons (Fsp3) is 0.0526. The SMILES string of the molecule is O=c1cc(Cc2c(C3=CC=C3)nc3nccnn23)c2ccc(F)c(F)c2[nH]1. The average molecular weight is 363 g/mol. The fourth-order valence-corrected chi connectivity index (χ4v) is 3.24. The van der Waals surface area contributed by atoms with Gasteiger partial charge in [-0.15, -0.1) is 0 Å². The van der Waals surface area contributed by atoms with Crippen LogP contribution in [0.4, 0.5) is 8.78 Å². The van der Waals surface area contributed by atoms with Gasteiger partial charge in [0.15, 0.2) is 11.6 Å². The van der Waals surface area contributed by atoms with Gasteiger partial charge in [0.2, 0.25) is 5.56 Å². The summed E-state index contributed by atoms with van der Waals surface area (Å²) in [7, 11) is 0. The van der Waals surface area contributed by atoms with Crippen LogP contribution in [-0.4, -0.2) is 24.6 Å². The van der Waals surface area contributed by atoms with Gasteiger partial charge < -0.3 is 4.98 Å². The first kappa shape index (κ1) is 15.6. The van der Waals surface area contributed by atoms with E-state index in [0.717, 1.165) is 11.6 Å².